The summed E-state index contributed by atoms with van der Waals surface area (Å²) >= 11 is 0. The molecule has 1 atom stereocenters. The van der Waals surface area contributed by atoms with Crippen molar-refractivity contribution in [3.63, 3.8) is 0 Å². The Hall–Kier alpha value is -2.14. The first kappa shape index (κ1) is 17.3. The van der Waals surface area contributed by atoms with Gasteiger partial charge in [-0.25, -0.2) is 0 Å². The average molecular weight is 353 g/mol. The smallest absolute Gasteiger partial charge is 0.276 e. The van der Waals surface area contributed by atoms with Crippen molar-refractivity contribution in [1.82, 2.24) is 15.0 Å². The number of amides is 1. The van der Waals surface area contributed by atoms with Gasteiger partial charge in [-0.05, 0) is 44.7 Å². The van der Waals surface area contributed by atoms with Crippen molar-refractivity contribution < 1.29 is 9.32 Å². The Morgan fingerprint density at radius 2 is 2.00 bits per heavy atom. The molecule has 26 heavy (non-hydrogen) atoms. The third kappa shape index (κ3) is 3.98. The van der Waals surface area contributed by atoms with Crippen LogP contribution in [0.15, 0.2) is 40.9 Å². The molecule has 2 aliphatic rings. The molecule has 1 unspecified atom stereocenters. The van der Waals surface area contributed by atoms with Crippen LogP contribution in [-0.2, 0) is 6.54 Å². The van der Waals surface area contributed by atoms with Crippen molar-refractivity contribution in [1.29, 1.82) is 0 Å². The summed E-state index contributed by atoms with van der Waals surface area (Å²) in [7, 11) is 2.19. The molecule has 1 aliphatic carbocycles. The van der Waals surface area contributed by atoms with Crippen molar-refractivity contribution in [2.45, 2.75) is 50.6 Å². The number of hydrogen-bond acceptors (Lipinski definition) is 4. The monoisotopic (exact) mass is 353 g/mol. The predicted octanol–water partition coefficient (Wildman–Crippen LogP) is 3.68. The van der Waals surface area contributed by atoms with E-state index in [1.807, 2.05) is 11.0 Å². The van der Waals surface area contributed by atoms with E-state index < -0.39 is 0 Å². The van der Waals surface area contributed by atoms with Crippen LogP contribution in [0.3, 0.4) is 0 Å². The van der Waals surface area contributed by atoms with Crippen LogP contribution in [0.2, 0.25) is 0 Å². The lowest BCUT2D eigenvalue weighted by atomic mass is 10.1. The molecule has 1 aromatic carbocycles. The van der Waals surface area contributed by atoms with Gasteiger partial charge in [-0.3, -0.25) is 9.69 Å². The third-order valence-corrected chi connectivity index (χ3v) is 5.61. The summed E-state index contributed by atoms with van der Waals surface area (Å²) < 4.78 is 5.35. The number of carbonyl (C=O) groups excluding carboxylic acids is 1. The fourth-order valence-corrected chi connectivity index (χ4v) is 3.84. The molecule has 2 heterocycles. The zero-order valence-corrected chi connectivity index (χ0v) is 15.4. The van der Waals surface area contributed by atoms with E-state index in [4.69, 9.17) is 4.52 Å². The van der Waals surface area contributed by atoms with E-state index in [9.17, 15) is 4.79 Å². The lowest BCUT2D eigenvalue weighted by molar-refractivity contribution is 0.0747. The van der Waals surface area contributed by atoms with Gasteiger partial charge in [0.25, 0.3) is 5.91 Å². The molecular weight excluding hydrogens is 326 g/mol. The highest BCUT2D eigenvalue weighted by Crippen LogP contribution is 2.40. The summed E-state index contributed by atoms with van der Waals surface area (Å²) in [5.74, 6) is 1.39. The van der Waals surface area contributed by atoms with Gasteiger partial charge in [0, 0.05) is 37.7 Å². The molecule has 4 rings (SSSR count). The summed E-state index contributed by atoms with van der Waals surface area (Å²) in [5, 5.41) is 4.02. The van der Waals surface area contributed by atoms with Gasteiger partial charge in [-0.15, -0.1) is 0 Å². The summed E-state index contributed by atoms with van der Waals surface area (Å²) in [6.07, 6.45) is 5.47. The zero-order valence-electron chi connectivity index (χ0n) is 15.4. The number of nitrogens with zero attached hydrogens (tertiary/aromatic N) is 3. The Morgan fingerprint density at radius 1 is 1.19 bits per heavy atom. The second kappa shape index (κ2) is 7.62. The highest BCUT2D eigenvalue weighted by atomic mass is 16.5. The first-order valence-corrected chi connectivity index (χ1v) is 9.71. The largest absolute Gasteiger partial charge is 0.360 e. The van der Waals surface area contributed by atoms with E-state index in [0.717, 1.165) is 57.5 Å². The summed E-state index contributed by atoms with van der Waals surface area (Å²) in [4.78, 5) is 17.1. The van der Waals surface area contributed by atoms with E-state index in [1.54, 1.807) is 0 Å². The van der Waals surface area contributed by atoms with E-state index in [1.165, 1.54) is 5.56 Å². The quantitative estimate of drug-likeness (QED) is 0.823. The second-order valence-electron chi connectivity index (χ2n) is 7.67. The minimum atomic E-state index is 0.0204. The van der Waals surface area contributed by atoms with Gasteiger partial charge in [-0.1, -0.05) is 35.5 Å². The zero-order chi connectivity index (χ0) is 17.9. The average Bonchev–Trinajstić information content (AvgIpc) is 3.44. The Balaban J connectivity index is 1.34. The van der Waals surface area contributed by atoms with Crippen LogP contribution in [0.4, 0.5) is 0 Å². The number of benzene rings is 1. The van der Waals surface area contributed by atoms with Gasteiger partial charge in [0.1, 0.15) is 5.76 Å². The number of carbonyl (C=O) groups is 1. The minimum absolute atomic E-state index is 0.0204. The van der Waals surface area contributed by atoms with Crippen molar-refractivity contribution >= 4 is 5.91 Å². The Morgan fingerprint density at radius 3 is 2.77 bits per heavy atom. The van der Waals surface area contributed by atoms with E-state index in [2.05, 4.69) is 47.4 Å². The molecule has 1 aliphatic heterocycles. The molecule has 0 radical (unpaired) electrons. The van der Waals surface area contributed by atoms with E-state index in [0.29, 0.717) is 17.7 Å². The number of hydrogen-bond donors (Lipinski definition) is 0. The molecule has 5 heteroatoms. The fraction of sp³-hybridized carbons (Fsp3) is 0.524. The van der Waals surface area contributed by atoms with Crippen molar-refractivity contribution in [3.8, 4) is 0 Å². The number of rotatable bonds is 5. The van der Waals surface area contributed by atoms with Gasteiger partial charge in [0.2, 0.25) is 0 Å². The summed E-state index contributed by atoms with van der Waals surface area (Å²) in [6, 6.07) is 12.9. The highest BCUT2D eigenvalue weighted by molar-refractivity contribution is 5.92. The molecule has 1 saturated carbocycles. The van der Waals surface area contributed by atoms with Crippen LogP contribution in [0, 0.1) is 0 Å². The van der Waals surface area contributed by atoms with Crippen LogP contribution < -0.4 is 0 Å². The number of aromatic nitrogens is 1. The molecule has 2 aromatic rings. The van der Waals surface area contributed by atoms with Crippen LogP contribution in [-0.4, -0.2) is 47.0 Å². The third-order valence-electron chi connectivity index (χ3n) is 5.61. The predicted molar refractivity (Wildman–Crippen MR) is 99.9 cm³/mol. The van der Waals surface area contributed by atoms with Crippen LogP contribution in [0.1, 0.15) is 59.8 Å². The van der Waals surface area contributed by atoms with Crippen LogP contribution in [0.25, 0.3) is 0 Å². The fourth-order valence-electron chi connectivity index (χ4n) is 3.84. The standard InChI is InChI=1S/C21H27N3O2/c1-23(15-16-6-3-2-4-7-16)18-8-5-12-24(13-11-18)21(25)19-14-20(26-22-19)17-9-10-17/h2-4,6-7,14,17-18H,5,8-13,15H2,1H3. The Bertz CT molecular complexity index is 739. The maximum atomic E-state index is 12.8. The normalized spacial score (nSPS) is 21.0. The lowest BCUT2D eigenvalue weighted by Gasteiger charge is -2.27. The molecule has 0 spiro atoms. The maximum Gasteiger partial charge on any atom is 0.276 e. The molecule has 1 saturated heterocycles. The number of likely N-dealkylation sites (tertiary alicyclic amines) is 1. The molecule has 0 bridgehead atoms. The topological polar surface area (TPSA) is 49.6 Å². The summed E-state index contributed by atoms with van der Waals surface area (Å²) in [5.41, 5.74) is 1.81. The molecule has 1 aromatic heterocycles. The molecule has 138 valence electrons. The minimum Gasteiger partial charge on any atom is -0.360 e. The van der Waals surface area contributed by atoms with Gasteiger partial charge in [0.15, 0.2) is 5.69 Å². The van der Waals surface area contributed by atoms with E-state index in [-0.39, 0.29) is 5.91 Å². The lowest BCUT2D eigenvalue weighted by Crippen LogP contribution is -2.35. The maximum absolute atomic E-state index is 12.8. The van der Waals surface area contributed by atoms with Crippen molar-refractivity contribution in [2.75, 3.05) is 20.1 Å². The molecule has 1 amide bonds. The Kier molecular flexibility index (Phi) is 5.07. The van der Waals surface area contributed by atoms with Crippen molar-refractivity contribution in [3.05, 3.63) is 53.4 Å². The first-order valence-electron chi connectivity index (χ1n) is 9.71. The van der Waals surface area contributed by atoms with Crippen LogP contribution >= 0.6 is 0 Å². The van der Waals surface area contributed by atoms with Gasteiger partial charge >= 0.3 is 0 Å². The first-order chi connectivity index (χ1) is 12.7. The molecule has 0 N–H and O–H groups in total. The molecular formula is C21H27N3O2. The second-order valence-corrected chi connectivity index (χ2v) is 7.67. The van der Waals surface area contributed by atoms with Crippen molar-refractivity contribution in [2.24, 2.45) is 0 Å². The van der Waals surface area contributed by atoms with Gasteiger partial charge < -0.3 is 9.42 Å². The summed E-state index contributed by atoms with van der Waals surface area (Å²) in [6.45, 7) is 2.54. The van der Waals surface area contributed by atoms with E-state index >= 15 is 0 Å². The highest BCUT2D eigenvalue weighted by Gasteiger charge is 2.30. The van der Waals surface area contributed by atoms with Crippen LogP contribution in [0.5, 0.6) is 0 Å². The van der Waals surface area contributed by atoms with Gasteiger partial charge in [-0.2, -0.15) is 0 Å². The SMILES string of the molecule is CN(Cc1ccccc1)C1CCCN(C(=O)c2cc(C3CC3)on2)CC1. The van der Waals surface area contributed by atoms with Gasteiger partial charge in [0.05, 0.1) is 0 Å². The Labute approximate surface area is 155 Å². The molecule has 2 fully saturated rings. The molecule has 5 nitrogen and oxygen atoms in total.